The van der Waals surface area contributed by atoms with E-state index in [1.165, 1.54) is 0 Å². The van der Waals surface area contributed by atoms with Gasteiger partial charge in [-0.2, -0.15) is 0 Å². The molecule has 0 saturated carbocycles. The molecule has 0 aliphatic carbocycles. The second-order valence-electron chi connectivity index (χ2n) is 5.92. The number of primary amides is 1. The average molecular weight is 327 g/mol. The van der Waals surface area contributed by atoms with Gasteiger partial charge in [0, 0.05) is 37.9 Å². The normalized spacial score (nSPS) is 15.2. The number of rotatable bonds is 4. The van der Waals surface area contributed by atoms with Crippen molar-refractivity contribution >= 4 is 11.9 Å². The molecule has 2 aromatic rings. The number of hydrogen-bond donors (Lipinski definition) is 2. The van der Waals surface area contributed by atoms with Crippen molar-refractivity contribution in [1.29, 1.82) is 0 Å². The lowest BCUT2D eigenvalue weighted by atomic mass is 9.96. The molecule has 0 bridgehead atoms. The standard InChI is InChI=1S/C17H21N5O2/c18-16(23)13-5-8-21(9-6-13)17(24)20-11-14-3-1-2-4-15(14)22-10-7-19-12-22/h1-4,7,10,12-13H,5-6,8-9,11H2,(H2,18,23)(H,20,24). The minimum Gasteiger partial charge on any atom is -0.369 e. The number of carbonyl (C=O) groups is 2. The Balaban J connectivity index is 1.59. The van der Waals surface area contributed by atoms with Crippen LogP contribution in [0.25, 0.3) is 5.69 Å². The van der Waals surface area contributed by atoms with Crippen LogP contribution in [0, 0.1) is 5.92 Å². The minimum absolute atomic E-state index is 0.113. The van der Waals surface area contributed by atoms with Gasteiger partial charge in [0.15, 0.2) is 0 Å². The number of benzene rings is 1. The maximum absolute atomic E-state index is 12.3. The summed E-state index contributed by atoms with van der Waals surface area (Å²) < 4.78 is 1.92. The third-order valence-corrected chi connectivity index (χ3v) is 4.39. The minimum atomic E-state index is -0.274. The van der Waals surface area contributed by atoms with E-state index in [2.05, 4.69) is 10.3 Å². The van der Waals surface area contributed by atoms with E-state index in [0.717, 1.165) is 11.3 Å². The van der Waals surface area contributed by atoms with Gasteiger partial charge in [-0.15, -0.1) is 0 Å². The molecule has 1 aromatic heterocycles. The molecule has 0 spiro atoms. The Labute approximate surface area is 140 Å². The molecule has 0 unspecified atom stereocenters. The van der Waals surface area contributed by atoms with Gasteiger partial charge < -0.3 is 20.5 Å². The van der Waals surface area contributed by atoms with E-state index in [-0.39, 0.29) is 17.9 Å². The lowest BCUT2D eigenvalue weighted by molar-refractivity contribution is -0.123. The molecule has 1 aromatic carbocycles. The van der Waals surface area contributed by atoms with Gasteiger partial charge in [-0.3, -0.25) is 4.79 Å². The van der Waals surface area contributed by atoms with E-state index < -0.39 is 0 Å². The van der Waals surface area contributed by atoms with Crippen molar-refractivity contribution in [1.82, 2.24) is 19.8 Å². The van der Waals surface area contributed by atoms with E-state index in [4.69, 9.17) is 5.73 Å². The molecule has 1 aliphatic rings. The molecule has 1 fully saturated rings. The molecule has 24 heavy (non-hydrogen) atoms. The second kappa shape index (κ2) is 7.16. The lowest BCUT2D eigenvalue weighted by Crippen LogP contribution is -2.46. The van der Waals surface area contributed by atoms with Crippen molar-refractivity contribution in [2.24, 2.45) is 11.7 Å². The topological polar surface area (TPSA) is 93.3 Å². The molecule has 0 radical (unpaired) electrons. The molecular formula is C17H21N5O2. The summed E-state index contributed by atoms with van der Waals surface area (Å²) in [5.74, 6) is -0.389. The fourth-order valence-electron chi connectivity index (χ4n) is 2.96. The highest BCUT2D eigenvalue weighted by molar-refractivity contribution is 5.78. The van der Waals surface area contributed by atoms with Crippen LogP contribution in [0.3, 0.4) is 0 Å². The molecule has 1 aliphatic heterocycles. The first kappa shape index (κ1) is 16.0. The zero-order valence-corrected chi connectivity index (χ0v) is 13.4. The van der Waals surface area contributed by atoms with Crippen LogP contribution in [-0.4, -0.2) is 39.5 Å². The number of urea groups is 1. The summed E-state index contributed by atoms with van der Waals surface area (Å²) in [6.45, 7) is 1.55. The maximum Gasteiger partial charge on any atom is 0.317 e. The molecule has 2 heterocycles. The summed E-state index contributed by atoms with van der Waals surface area (Å²) in [5, 5.41) is 2.95. The maximum atomic E-state index is 12.3. The smallest absolute Gasteiger partial charge is 0.317 e. The van der Waals surface area contributed by atoms with Crippen molar-refractivity contribution in [2.45, 2.75) is 19.4 Å². The van der Waals surface area contributed by atoms with E-state index >= 15 is 0 Å². The zero-order valence-electron chi connectivity index (χ0n) is 13.4. The quantitative estimate of drug-likeness (QED) is 0.886. The first-order valence-electron chi connectivity index (χ1n) is 8.03. The van der Waals surface area contributed by atoms with Gasteiger partial charge in [0.25, 0.3) is 0 Å². The van der Waals surface area contributed by atoms with E-state index in [0.29, 0.717) is 32.5 Å². The molecular weight excluding hydrogens is 306 g/mol. The largest absolute Gasteiger partial charge is 0.369 e. The highest BCUT2D eigenvalue weighted by Gasteiger charge is 2.25. The Morgan fingerprint density at radius 1 is 1.25 bits per heavy atom. The molecule has 7 nitrogen and oxygen atoms in total. The molecule has 3 N–H and O–H groups in total. The number of aromatic nitrogens is 2. The van der Waals surface area contributed by atoms with Gasteiger partial charge in [0.1, 0.15) is 0 Å². The van der Waals surface area contributed by atoms with Crippen LogP contribution in [0.15, 0.2) is 43.0 Å². The van der Waals surface area contributed by atoms with Crippen LogP contribution in [0.2, 0.25) is 0 Å². The van der Waals surface area contributed by atoms with Gasteiger partial charge in [-0.1, -0.05) is 18.2 Å². The third-order valence-electron chi connectivity index (χ3n) is 4.39. The number of nitrogens with two attached hydrogens (primary N) is 1. The third kappa shape index (κ3) is 3.56. The fraction of sp³-hybridized carbons (Fsp3) is 0.353. The van der Waals surface area contributed by atoms with Crippen molar-refractivity contribution in [3.8, 4) is 5.69 Å². The summed E-state index contributed by atoms with van der Waals surface area (Å²) in [5.41, 5.74) is 7.32. The van der Waals surface area contributed by atoms with Crippen LogP contribution < -0.4 is 11.1 Å². The highest BCUT2D eigenvalue weighted by atomic mass is 16.2. The zero-order chi connectivity index (χ0) is 16.9. The Morgan fingerprint density at radius 2 is 2.00 bits per heavy atom. The molecule has 3 amide bonds. The predicted octanol–water partition coefficient (Wildman–Crippen LogP) is 1.28. The highest BCUT2D eigenvalue weighted by Crippen LogP contribution is 2.17. The van der Waals surface area contributed by atoms with Crippen LogP contribution >= 0.6 is 0 Å². The fourth-order valence-corrected chi connectivity index (χ4v) is 2.96. The lowest BCUT2D eigenvalue weighted by Gasteiger charge is -2.30. The predicted molar refractivity (Wildman–Crippen MR) is 89.3 cm³/mol. The number of imidazole rings is 1. The van der Waals surface area contributed by atoms with E-state index in [1.54, 1.807) is 17.4 Å². The molecule has 126 valence electrons. The van der Waals surface area contributed by atoms with Gasteiger partial charge >= 0.3 is 6.03 Å². The molecule has 7 heteroatoms. The Bertz CT molecular complexity index is 706. The Kier molecular flexibility index (Phi) is 4.79. The number of nitrogens with zero attached hydrogens (tertiary/aromatic N) is 3. The number of nitrogens with one attached hydrogen (secondary N) is 1. The number of amides is 3. The number of piperidine rings is 1. The van der Waals surface area contributed by atoms with Gasteiger partial charge in [-0.25, -0.2) is 9.78 Å². The van der Waals surface area contributed by atoms with Crippen LogP contribution in [0.1, 0.15) is 18.4 Å². The summed E-state index contributed by atoms with van der Waals surface area (Å²) in [6.07, 6.45) is 6.59. The summed E-state index contributed by atoms with van der Waals surface area (Å²) in [7, 11) is 0. The summed E-state index contributed by atoms with van der Waals surface area (Å²) >= 11 is 0. The first-order valence-corrected chi connectivity index (χ1v) is 8.03. The van der Waals surface area contributed by atoms with Crippen LogP contribution in [-0.2, 0) is 11.3 Å². The summed E-state index contributed by atoms with van der Waals surface area (Å²) in [4.78, 5) is 29.3. The first-order chi connectivity index (χ1) is 11.6. The molecule has 0 atom stereocenters. The average Bonchev–Trinajstić information content (AvgIpc) is 3.14. The number of carbonyl (C=O) groups excluding carboxylic acids is 2. The molecule has 1 saturated heterocycles. The Hall–Kier alpha value is -2.83. The number of para-hydroxylation sites is 1. The van der Waals surface area contributed by atoms with Crippen molar-refractivity contribution in [3.05, 3.63) is 48.5 Å². The van der Waals surface area contributed by atoms with Gasteiger partial charge in [-0.05, 0) is 24.5 Å². The molecule has 3 rings (SSSR count). The Morgan fingerprint density at radius 3 is 2.67 bits per heavy atom. The van der Waals surface area contributed by atoms with Crippen LogP contribution in [0.4, 0.5) is 4.79 Å². The van der Waals surface area contributed by atoms with Crippen molar-refractivity contribution in [2.75, 3.05) is 13.1 Å². The van der Waals surface area contributed by atoms with Gasteiger partial charge in [0.2, 0.25) is 5.91 Å². The van der Waals surface area contributed by atoms with Gasteiger partial charge in [0.05, 0.1) is 12.0 Å². The van der Waals surface area contributed by atoms with Crippen molar-refractivity contribution < 1.29 is 9.59 Å². The van der Waals surface area contributed by atoms with Crippen LogP contribution in [0.5, 0.6) is 0 Å². The van der Waals surface area contributed by atoms with Crippen molar-refractivity contribution in [3.63, 3.8) is 0 Å². The second-order valence-corrected chi connectivity index (χ2v) is 5.92. The number of likely N-dealkylation sites (tertiary alicyclic amines) is 1. The van der Waals surface area contributed by atoms with E-state index in [9.17, 15) is 9.59 Å². The monoisotopic (exact) mass is 327 g/mol. The van der Waals surface area contributed by atoms with E-state index in [1.807, 2.05) is 35.0 Å². The SMILES string of the molecule is NC(=O)C1CCN(C(=O)NCc2ccccc2-n2ccnc2)CC1. The summed E-state index contributed by atoms with van der Waals surface area (Å²) in [6, 6.07) is 7.75. The number of hydrogen-bond acceptors (Lipinski definition) is 3.